The molecule has 9 heteroatoms. The summed E-state index contributed by atoms with van der Waals surface area (Å²) in [5.74, 6) is -3.84. The van der Waals surface area contributed by atoms with Crippen LogP contribution >= 0.6 is 0 Å². The van der Waals surface area contributed by atoms with Crippen molar-refractivity contribution in [2.24, 2.45) is 0 Å². The minimum atomic E-state index is -1.42. The highest BCUT2D eigenvalue weighted by atomic mass is 16.6. The van der Waals surface area contributed by atoms with Crippen molar-refractivity contribution in [2.75, 3.05) is 13.1 Å². The SMILES string of the molecule is Cc1cccc([N+](=O)[O-])c1C(=O)N(CC(=O)O)CC(=O)O. The molecule has 9 nitrogen and oxygen atoms in total. The monoisotopic (exact) mass is 296 g/mol. The van der Waals surface area contributed by atoms with E-state index in [1.54, 1.807) is 0 Å². The van der Waals surface area contributed by atoms with Crippen molar-refractivity contribution in [2.45, 2.75) is 6.92 Å². The van der Waals surface area contributed by atoms with Crippen molar-refractivity contribution in [1.82, 2.24) is 4.90 Å². The summed E-state index contributed by atoms with van der Waals surface area (Å²) in [4.78, 5) is 44.4. The summed E-state index contributed by atoms with van der Waals surface area (Å²) in [5.41, 5.74) is -0.555. The minimum Gasteiger partial charge on any atom is -0.480 e. The molecule has 0 aliphatic heterocycles. The van der Waals surface area contributed by atoms with Crippen molar-refractivity contribution in [3.05, 3.63) is 39.4 Å². The van der Waals surface area contributed by atoms with Gasteiger partial charge in [-0.25, -0.2) is 0 Å². The smallest absolute Gasteiger partial charge is 0.323 e. The van der Waals surface area contributed by atoms with Crippen LogP contribution in [0.25, 0.3) is 0 Å². The summed E-state index contributed by atoms with van der Waals surface area (Å²) in [6.45, 7) is -0.285. The van der Waals surface area contributed by atoms with Gasteiger partial charge in [-0.2, -0.15) is 0 Å². The van der Waals surface area contributed by atoms with Gasteiger partial charge < -0.3 is 15.1 Å². The molecule has 112 valence electrons. The summed E-state index contributed by atoms with van der Waals surface area (Å²) in [5, 5.41) is 28.4. The molecule has 0 aromatic heterocycles. The maximum absolute atomic E-state index is 12.3. The molecule has 0 bridgehead atoms. The van der Waals surface area contributed by atoms with E-state index in [1.165, 1.54) is 19.1 Å². The fourth-order valence-electron chi connectivity index (χ4n) is 1.77. The number of hydrogen-bond donors (Lipinski definition) is 2. The average molecular weight is 296 g/mol. The van der Waals surface area contributed by atoms with Gasteiger partial charge in [0, 0.05) is 6.07 Å². The predicted molar refractivity (Wildman–Crippen MR) is 69.0 cm³/mol. The largest absolute Gasteiger partial charge is 0.480 e. The molecule has 1 amide bonds. The molecule has 0 fully saturated rings. The second-order valence-electron chi connectivity index (χ2n) is 4.17. The Kier molecular flexibility index (Phi) is 4.95. The van der Waals surface area contributed by atoms with Gasteiger partial charge in [-0.1, -0.05) is 12.1 Å². The molecule has 0 spiro atoms. The van der Waals surface area contributed by atoms with Crippen LogP contribution in [-0.2, 0) is 9.59 Å². The summed E-state index contributed by atoms with van der Waals surface area (Å²) in [6, 6.07) is 3.92. The predicted octanol–water partition coefficient (Wildman–Crippen LogP) is 0.515. The number of hydrogen-bond acceptors (Lipinski definition) is 5. The lowest BCUT2D eigenvalue weighted by Gasteiger charge is -2.19. The molecule has 0 saturated carbocycles. The fourth-order valence-corrected chi connectivity index (χ4v) is 1.77. The number of aliphatic carboxylic acids is 2. The summed E-state index contributed by atoms with van der Waals surface area (Å²) in [6.07, 6.45) is 0. The Balaban J connectivity index is 3.29. The van der Waals surface area contributed by atoms with Crippen LogP contribution in [0.4, 0.5) is 5.69 Å². The van der Waals surface area contributed by atoms with Gasteiger partial charge in [0.1, 0.15) is 18.7 Å². The van der Waals surface area contributed by atoms with Crippen molar-refractivity contribution in [3.63, 3.8) is 0 Å². The number of benzene rings is 1. The Morgan fingerprint density at radius 2 is 1.71 bits per heavy atom. The van der Waals surface area contributed by atoms with E-state index in [-0.39, 0.29) is 11.1 Å². The maximum atomic E-state index is 12.3. The van der Waals surface area contributed by atoms with E-state index < -0.39 is 41.5 Å². The first-order valence-electron chi connectivity index (χ1n) is 5.71. The van der Waals surface area contributed by atoms with E-state index in [2.05, 4.69) is 0 Å². The second-order valence-corrected chi connectivity index (χ2v) is 4.17. The maximum Gasteiger partial charge on any atom is 0.323 e. The number of rotatable bonds is 6. The molecule has 21 heavy (non-hydrogen) atoms. The molecule has 1 rings (SSSR count). The van der Waals surface area contributed by atoms with Crippen LogP contribution in [0.1, 0.15) is 15.9 Å². The van der Waals surface area contributed by atoms with Gasteiger partial charge in [0.15, 0.2) is 0 Å². The van der Waals surface area contributed by atoms with E-state index in [9.17, 15) is 24.5 Å². The lowest BCUT2D eigenvalue weighted by molar-refractivity contribution is -0.385. The molecule has 0 aliphatic rings. The molecule has 0 saturated heterocycles. The topological polar surface area (TPSA) is 138 Å². The number of carboxylic acid groups (broad SMARTS) is 2. The van der Waals surface area contributed by atoms with Crippen molar-refractivity contribution < 1.29 is 29.5 Å². The molecule has 0 unspecified atom stereocenters. The number of carbonyl (C=O) groups is 3. The Labute approximate surface area is 118 Å². The van der Waals surface area contributed by atoms with Crippen LogP contribution in [0.5, 0.6) is 0 Å². The third-order valence-electron chi connectivity index (χ3n) is 2.60. The number of carboxylic acids is 2. The van der Waals surface area contributed by atoms with Gasteiger partial charge in [0.25, 0.3) is 11.6 Å². The first-order valence-corrected chi connectivity index (χ1v) is 5.71. The number of nitrogens with zero attached hydrogens (tertiary/aromatic N) is 2. The van der Waals surface area contributed by atoms with Gasteiger partial charge in [-0.15, -0.1) is 0 Å². The summed E-state index contributed by atoms with van der Waals surface area (Å²) < 4.78 is 0. The Hall–Kier alpha value is -2.97. The molecule has 1 aromatic rings. The number of nitro groups is 1. The van der Waals surface area contributed by atoms with Crippen molar-refractivity contribution >= 4 is 23.5 Å². The van der Waals surface area contributed by atoms with Crippen molar-refractivity contribution in [3.8, 4) is 0 Å². The normalized spacial score (nSPS) is 9.95. The van der Waals surface area contributed by atoms with Crippen LogP contribution in [0, 0.1) is 17.0 Å². The van der Waals surface area contributed by atoms with E-state index in [4.69, 9.17) is 10.2 Å². The molecule has 2 N–H and O–H groups in total. The Bertz CT molecular complexity index is 596. The van der Waals surface area contributed by atoms with Crippen LogP contribution in [-0.4, -0.2) is 51.0 Å². The lowest BCUT2D eigenvalue weighted by Crippen LogP contribution is -2.39. The highest BCUT2D eigenvalue weighted by Gasteiger charge is 2.28. The third kappa shape index (κ3) is 4.00. The zero-order valence-electron chi connectivity index (χ0n) is 11.0. The van der Waals surface area contributed by atoms with E-state index in [0.717, 1.165) is 6.07 Å². The third-order valence-corrected chi connectivity index (χ3v) is 2.60. The molecule has 0 heterocycles. The van der Waals surface area contributed by atoms with Crippen LogP contribution < -0.4 is 0 Å². The molecule has 0 radical (unpaired) electrons. The number of carbonyl (C=O) groups excluding carboxylic acids is 1. The van der Waals surface area contributed by atoms with Gasteiger partial charge >= 0.3 is 11.9 Å². The van der Waals surface area contributed by atoms with Crippen LogP contribution in [0.15, 0.2) is 18.2 Å². The minimum absolute atomic E-state index is 0.259. The number of aryl methyl sites for hydroxylation is 1. The second kappa shape index (κ2) is 6.46. The fraction of sp³-hybridized carbons (Fsp3) is 0.250. The van der Waals surface area contributed by atoms with Gasteiger partial charge in [0.2, 0.25) is 0 Å². The summed E-state index contributed by atoms with van der Waals surface area (Å²) in [7, 11) is 0. The van der Waals surface area contributed by atoms with Gasteiger partial charge in [-0.3, -0.25) is 24.5 Å². The molecular weight excluding hydrogens is 284 g/mol. The number of amides is 1. The van der Waals surface area contributed by atoms with Gasteiger partial charge in [0.05, 0.1) is 4.92 Å². The standard InChI is InChI=1S/C12H12N2O7/c1-7-3-2-4-8(14(20)21)11(7)12(19)13(5-9(15)16)6-10(17)18/h2-4H,5-6H2,1H3,(H,15,16)(H,17,18). The number of nitro benzene ring substituents is 1. The molecule has 0 atom stereocenters. The highest BCUT2D eigenvalue weighted by Crippen LogP contribution is 2.23. The van der Waals surface area contributed by atoms with E-state index >= 15 is 0 Å². The van der Waals surface area contributed by atoms with E-state index in [0.29, 0.717) is 4.90 Å². The zero-order valence-corrected chi connectivity index (χ0v) is 11.0. The average Bonchev–Trinajstić information content (AvgIpc) is 2.35. The summed E-state index contributed by atoms with van der Waals surface area (Å²) >= 11 is 0. The lowest BCUT2D eigenvalue weighted by atomic mass is 10.1. The zero-order chi connectivity index (χ0) is 16.2. The van der Waals surface area contributed by atoms with E-state index in [1.807, 2.05) is 0 Å². The molecule has 0 aliphatic carbocycles. The molecular formula is C12H12N2O7. The van der Waals surface area contributed by atoms with Crippen LogP contribution in [0.3, 0.4) is 0 Å². The van der Waals surface area contributed by atoms with Gasteiger partial charge in [-0.05, 0) is 12.5 Å². The quantitative estimate of drug-likeness (QED) is 0.576. The highest BCUT2D eigenvalue weighted by molar-refractivity contribution is 6.01. The van der Waals surface area contributed by atoms with Crippen molar-refractivity contribution in [1.29, 1.82) is 0 Å². The Morgan fingerprint density at radius 1 is 1.19 bits per heavy atom. The Morgan fingerprint density at radius 3 is 2.14 bits per heavy atom. The molecule has 1 aromatic carbocycles. The first-order chi connectivity index (χ1) is 9.73. The van der Waals surface area contributed by atoms with Crippen LogP contribution in [0.2, 0.25) is 0 Å². The first kappa shape index (κ1) is 16.1.